The predicted octanol–water partition coefficient (Wildman–Crippen LogP) is 1.79. The molecule has 0 aliphatic carbocycles. The molecule has 5 heteroatoms. The summed E-state index contributed by atoms with van der Waals surface area (Å²) in [6, 6.07) is 0.188. The molecule has 5 nitrogen and oxygen atoms in total. The molecule has 0 fully saturated rings. The molecule has 0 aliphatic rings. The van der Waals surface area contributed by atoms with Crippen molar-refractivity contribution in [3.8, 4) is 0 Å². The minimum atomic E-state index is 0.0364. The van der Waals surface area contributed by atoms with Gasteiger partial charge >= 0.3 is 0 Å². The number of amides is 1. The van der Waals surface area contributed by atoms with E-state index in [1.165, 1.54) is 0 Å². The van der Waals surface area contributed by atoms with Crippen molar-refractivity contribution in [1.29, 1.82) is 0 Å². The molecule has 0 radical (unpaired) electrons. The maximum atomic E-state index is 12.0. The van der Waals surface area contributed by atoms with Crippen molar-refractivity contribution in [2.75, 3.05) is 6.54 Å². The zero-order valence-corrected chi connectivity index (χ0v) is 13.3. The Kier molecular flexibility index (Phi) is 6.71. The van der Waals surface area contributed by atoms with E-state index in [4.69, 9.17) is 0 Å². The fourth-order valence-electron chi connectivity index (χ4n) is 1.74. The quantitative estimate of drug-likeness (QED) is 0.763. The summed E-state index contributed by atoms with van der Waals surface area (Å²) in [5.74, 6) is 1.98. The Morgan fingerprint density at radius 3 is 2.60 bits per heavy atom. The summed E-state index contributed by atoms with van der Waals surface area (Å²) in [4.78, 5) is 16.3. The summed E-state index contributed by atoms with van der Waals surface area (Å²) in [7, 11) is 0. The van der Waals surface area contributed by atoms with Crippen molar-refractivity contribution in [1.82, 2.24) is 20.2 Å². The van der Waals surface area contributed by atoms with E-state index in [0.29, 0.717) is 24.9 Å². The minimum absolute atomic E-state index is 0.0364. The summed E-state index contributed by atoms with van der Waals surface area (Å²) >= 11 is 0. The Labute approximate surface area is 122 Å². The second-order valence-corrected chi connectivity index (χ2v) is 6.10. The van der Waals surface area contributed by atoms with Crippen LogP contribution in [-0.2, 0) is 17.9 Å². The first-order chi connectivity index (χ1) is 9.40. The number of hydrogen-bond donors (Lipinski definition) is 2. The van der Waals surface area contributed by atoms with Gasteiger partial charge in [-0.1, -0.05) is 27.7 Å². The zero-order valence-electron chi connectivity index (χ0n) is 13.3. The first kappa shape index (κ1) is 16.7. The highest BCUT2D eigenvalue weighted by molar-refractivity contribution is 5.76. The van der Waals surface area contributed by atoms with Crippen LogP contribution >= 0.6 is 0 Å². The van der Waals surface area contributed by atoms with Crippen LogP contribution in [0.1, 0.15) is 40.4 Å². The number of aromatic nitrogens is 2. The highest BCUT2D eigenvalue weighted by Gasteiger charge is 2.12. The van der Waals surface area contributed by atoms with Crippen molar-refractivity contribution >= 4 is 5.91 Å². The van der Waals surface area contributed by atoms with Crippen LogP contribution in [0, 0.1) is 11.8 Å². The number of nitrogens with one attached hydrogen (secondary N) is 2. The van der Waals surface area contributed by atoms with E-state index in [-0.39, 0.29) is 11.9 Å². The zero-order chi connectivity index (χ0) is 15.1. The molecular formula is C15H28N4O. The second kappa shape index (κ2) is 8.04. The lowest BCUT2D eigenvalue weighted by molar-refractivity contribution is -0.122. The lowest BCUT2D eigenvalue weighted by atomic mass is 10.1. The van der Waals surface area contributed by atoms with E-state index < -0.39 is 0 Å². The van der Waals surface area contributed by atoms with Gasteiger partial charge in [0.1, 0.15) is 12.4 Å². The molecule has 1 aromatic rings. The number of carbonyl (C=O) groups excluding carboxylic acids is 1. The molecular weight excluding hydrogens is 252 g/mol. The number of hydrogen-bond acceptors (Lipinski definition) is 3. The Hall–Kier alpha value is -1.36. The van der Waals surface area contributed by atoms with Crippen LogP contribution in [0.5, 0.6) is 0 Å². The summed E-state index contributed by atoms with van der Waals surface area (Å²) in [5.41, 5.74) is 0. The first-order valence-corrected chi connectivity index (χ1v) is 7.40. The van der Waals surface area contributed by atoms with Gasteiger partial charge in [-0.25, -0.2) is 4.98 Å². The SMILES string of the molecule is CC(C)CNCc1nccn1CC(=O)NC(C)C(C)C. The maximum absolute atomic E-state index is 12.0. The van der Waals surface area contributed by atoms with E-state index >= 15 is 0 Å². The van der Waals surface area contributed by atoms with Crippen LogP contribution in [0.15, 0.2) is 12.4 Å². The van der Waals surface area contributed by atoms with Gasteiger partial charge in [-0.2, -0.15) is 0 Å². The van der Waals surface area contributed by atoms with Crippen LogP contribution in [0.2, 0.25) is 0 Å². The largest absolute Gasteiger partial charge is 0.352 e. The van der Waals surface area contributed by atoms with Crippen LogP contribution in [0.25, 0.3) is 0 Å². The number of rotatable bonds is 8. The number of nitrogens with zero attached hydrogens (tertiary/aromatic N) is 2. The average molecular weight is 280 g/mol. The van der Waals surface area contributed by atoms with E-state index in [0.717, 1.165) is 12.4 Å². The molecule has 2 N–H and O–H groups in total. The van der Waals surface area contributed by atoms with Crippen molar-refractivity contribution in [2.24, 2.45) is 11.8 Å². The molecule has 1 rings (SSSR count). The van der Waals surface area contributed by atoms with Gasteiger partial charge in [0, 0.05) is 18.4 Å². The molecule has 0 saturated heterocycles. The third-order valence-electron chi connectivity index (χ3n) is 3.34. The van der Waals surface area contributed by atoms with Crippen LogP contribution < -0.4 is 10.6 Å². The third kappa shape index (κ3) is 5.74. The van der Waals surface area contributed by atoms with E-state index in [9.17, 15) is 4.79 Å². The molecule has 1 aromatic heterocycles. The lowest BCUT2D eigenvalue weighted by Crippen LogP contribution is -2.38. The predicted molar refractivity (Wildman–Crippen MR) is 81.2 cm³/mol. The Morgan fingerprint density at radius 1 is 1.30 bits per heavy atom. The molecule has 20 heavy (non-hydrogen) atoms. The average Bonchev–Trinajstić information content (AvgIpc) is 2.75. The van der Waals surface area contributed by atoms with Crippen LogP contribution in [-0.4, -0.2) is 28.0 Å². The van der Waals surface area contributed by atoms with Gasteiger partial charge in [-0.15, -0.1) is 0 Å². The molecule has 0 saturated carbocycles. The van der Waals surface area contributed by atoms with Gasteiger partial charge in [-0.05, 0) is 25.3 Å². The van der Waals surface area contributed by atoms with Crippen molar-refractivity contribution < 1.29 is 4.79 Å². The fourth-order valence-corrected chi connectivity index (χ4v) is 1.74. The van der Waals surface area contributed by atoms with E-state index in [1.54, 1.807) is 6.20 Å². The molecule has 1 amide bonds. The molecule has 0 bridgehead atoms. The smallest absolute Gasteiger partial charge is 0.240 e. The van der Waals surface area contributed by atoms with E-state index in [1.807, 2.05) is 17.7 Å². The number of carbonyl (C=O) groups is 1. The first-order valence-electron chi connectivity index (χ1n) is 7.40. The third-order valence-corrected chi connectivity index (χ3v) is 3.34. The standard InChI is InChI=1S/C15H28N4O/c1-11(2)8-16-9-14-17-6-7-19(14)10-15(20)18-13(5)12(3)4/h6-7,11-13,16H,8-10H2,1-5H3,(H,18,20). The molecule has 1 unspecified atom stereocenters. The monoisotopic (exact) mass is 280 g/mol. The van der Waals surface area contributed by atoms with E-state index in [2.05, 4.69) is 43.3 Å². The highest BCUT2D eigenvalue weighted by atomic mass is 16.2. The van der Waals surface area contributed by atoms with Gasteiger partial charge in [0.15, 0.2) is 0 Å². The van der Waals surface area contributed by atoms with Crippen LogP contribution in [0.3, 0.4) is 0 Å². The molecule has 1 heterocycles. The summed E-state index contributed by atoms with van der Waals surface area (Å²) in [6.07, 6.45) is 3.59. The molecule has 0 aromatic carbocycles. The number of imidazole rings is 1. The van der Waals surface area contributed by atoms with Crippen molar-refractivity contribution in [3.05, 3.63) is 18.2 Å². The van der Waals surface area contributed by atoms with Crippen molar-refractivity contribution in [3.63, 3.8) is 0 Å². The molecule has 1 atom stereocenters. The van der Waals surface area contributed by atoms with Gasteiger partial charge in [-0.3, -0.25) is 4.79 Å². The summed E-state index contributed by atoms with van der Waals surface area (Å²) in [5, 5.41) is 6.36. The van der Waals surface area contributed by atoms with Crippen LogP contribution in [0.4, 0.5) is 0 Å². The highest BCUT2D eigenvalue weighted by Crippen LogP contribution is 2.02. The normalized spacial score (nSPS) is 12.9. The fraction of sp³-hybridized carbons (Fsp3) is 0.733. The summed E-state index contributed by atoms with van der Waals surface area (Å²) < 4.78 is 1.90. The lowest BCUT2D eigenvalue weighted by Gasteiger charge is -2.18. The molecule has 0 spiro atoms. The Morgan fingerprint density at radius 2 is 2.00 bits per heavy atom. The summed E-state index contributed by atoms with van der Waals surface area (Å²) in [6.45, 7) is 12.5. The second-order valence-electron chi connectivity index (χ2n) is 6.10. The maximum Gasteiger partial charge on any atom is 0.240 e. The minimum Gasteiger partial charge on any atom is -0.352 e. The Bertz CT molecular complexity index is 412. The molecule has 0 aliphatic heterocycles. The topological polar surface area (TPSA) is 59.0 Å². The molecule has 114 valence electrons. The van der Waals surface area contributed by atoms with Gasteiger partial charge < -0.3 is 15.2 Å². The van der Waals surface area contributed by atoms with Gasteiger partial charge in [0.25, 0.3) is 0 Å². The van der Waals surface area contributed by atoms with Gasteiger partial charge in [0.05, 0.1) is 6.54 Å². The van der Waals surface area contributed by atoms with Gasteiger partial charge in [0.2, 0.25) is 5.91 Å². The Balaban J connectivity index is 2.47. The van der Waals surface area contributed by atoms with Crippen molar-refractivity contribution in [2.45, 2.75) is 53.8 Å².